The van der Waals surface area contributed by atoms with E-state index in [0.717, 1.165) is 76.8 Å². The molecule has 6 atom stereocenters. The van der Waals surface area contributed by atoms with E-state index in [4.69, 9.17) is 8.83 Å². The molecule has 28 heteroatoms. The van der Waals surface area contributed by atoms with Crippen LogP contribution in [0.5, 0.6) is 0 Å². The Morgan fingerprint density at radius 1 is 0.358 bits per heavy atom. The molecule has 4 fully saturated rings. The van der Waals surface area contributed by atoms with Crippen LogP contribution in [0.2, 0.25) is 0 Å². The Morgan fingerprint density at radius 3 is 1.05 bits per heavy atom. The van der Waals surface area contributed by atoms with E-state index in [1.807, 2.05) is 216 Å². The van der Waals surface area contributed by atoms with Crippen molar-refractivity contribution in [3.63, 3.8) is 0 Å². The van der Waals surface area contributed by atoms with Gasteiger partial charge in [0.2, 0.25) is 23.6 Å². The van der Waals surface area contributed by atoms with E-state index in [9.17, 15) is 55.9 Å². The van der Waals surface area contributed by atoms with Gasteiger partial charge in [0.05, 0.1) is 55.5 Å². The number of piperidine rings is 4. The minimum Gasteiger partial charge on any atom is -0.464 e. The highest BCUT2D eigenvalue weighted by Crippen LogP contribution is 2.37. The number of carbonyl (C=O) groups excluding carboxylic acids is 8. The lowest BCUT2D eigenvalue weighted by molar-refractivity contribution is -0.130. The second-order valence-corrected chi connectivity index (χ2v) is 35.1. The fourth-order valence-corrected chi connectivity index (χ4v) is 17.0. The maximum absolute atomic E-state index is 14.5. The Kier molecular flexibility index (Phi) is 31.5. The van der Waals surface area contributed by atoms with Crippen LogP contribution in [-0.2, 0) is 32.3 Å². The maximum atomic E-state index is 14.5. The van der Waals surface area contributed by atoms with Crippen LogP contribution in [0.3, 0.4) is 0 Å². The van der Waals surface area contributed by atoms with Crippen molar-refractivity contribution in [2.75, 3.05) is 73.6 Å². The molecule has 0 saturated carbocycles. The molecule has 4 aliphatic rings. The highest BCUT2D eigenvalue weighted by molar-refractivity contribution is 6.01. The van der Waals surface area contributed by atoms with Crippen LogP contribution in [0, 0.1) is 51.4 Å². The number of aryl methyl sites for hydroxylation is 4. The molecule has 4 saturated heterocycles. The highest BCUT2D eigenvalue weighted by Gasteiger charge is 2.47. The fraction of sp³-hybridized carbons (Fsp3) is 0.239. The van der Waals surface area contributed by atoms with Crippen molar-refractivity contribution < 1.29 is 64.8 Å². The quantitative estimate of drug-likeness (QED) is 0.0310. The summed E-state index contributed by atoms with van der Waals surface area (Å²) in [6.45, 7) is 9.41. The molecular formula is C109H106F4N14O10. The number of halogens is 4. The predicted molar refractivity (Wildman–Crippen MR) is 519 cm³/mol. The third-order valence-corrected chi connectivity index (χ3v) is 24.2. The Balaban J connectivity index is 0.000000139. The second kappa shape index (κ2) is 45.0. The van der Waals surface area contributed by atoms with E-state index in [-0.39, 0.29) is 71.8 Å². The van der Waals surface area contributed by atoms with Crippen molar-refractivity contribution in [2.24, 2.45) is 23.7 Å². The molecule has 10 aromatic carbocycles. The lowest BCUT2D eigenvalue weighted by atomic mass is 9.92. The van der Waals surface area contributed by atoms with Crippen LogP contribution in [0.1, 0.15) is 100 Å². The molecule has 0 aliphatic carbocycles. The van der Waals surface area contributed by atoms with Crippen LogP contribution in [0.25, 0.3) is 45.2 Å². The van der Waals surface area contributed by atoms with Crippen LogP contribution in [-0.4, -0.2) is 163 Å². The normalized spacial score (nSPS) is 17.5. The first kappa shape index (κ1) is 96.0. The number of likely N-dealkylation sites (tertiary alicyclic amines) is 4. The molecule has 0 spiro atoms. The number of hydrogen-bond donors (Lipinski definition) is 7. The largest absolute Gasteiger partial charge is 0.464 e. The SMILES string of the molecule is Cc1ccc(NC(=O)C2CC(NCc3ccccc3)CN(C(=O)c3cccc(-c4ccco4)c3)C2)cc1.Cc1ccc(NC(=O)C2CC(NCc3ccccc3)CN(C(=O)c3cccc(-c4ccco4)c3)C2)cc1.Cc1ccc(NC(=O)C2CN(C(=O)c3cccc(-c4cn[nH]c4)c3)CC(F)(F)C2)cc1.Cc1ccc(NC(=O)C2CN(C(=O)c3cccc(-c4ncccn4)c3)CC(F)(F)C2)cc1. The number of aromatic amines is 1. The van der Waals surface area contributed by atoms with Gasteiger partial charge in [-0.2, -0.15) is 5.10 Å². The van der Waals surface area contributed by atoms with Crippen LogP contribution >= 0.6 is 0 Å². The van der Waals surface area contributed by atoms with Gasteiger partial charge in [0.25, 0.3) is 35.5 Å². The second-order valence-electron chi connectivity index (χ2n) is 35.1. The van der Waals surface area contributed by atoms with Gasteiger partial charge in [-0.25, -0.2) is 27.5 Å². The number of amides is 8. The van der Waals surface area contributed by atoms with Crippen LogP contribution in [0.4, 0.5) is 40.3 Å². The molecule has 0 radical (unpaired) electrons. The van der Waals surface area contributed by atoms with Gasteiger partial charge in [0, 0.05) is 163 Å². The first-order valence-corrected chi connectivity index (χ1v) is 45.4. The molecule has 700 valence electrons. The van der Waals surface area contributed by atoms with E-state index in [1.165, 1.54) is 0 Å². The summed E-state index contributed by atoms with van der Waals surface area (Å²) in [6.07, 6.45) is 9.81. The van der Waals surface area contributed by atoms with Gasteiger partial charge < -0.3 is 60.3 Å². The van der Waals surface area contributed by atoms with Gasteiger partial charge >= 0.3 is 0 Å². The number of hydrogen-bond acceptors (Lipinski definition) is 15. The zero-order valence-corrected chi connectivity index (χ0v) is 76.2. The summed E-state index contributed by atoms with van der Waals surface area (Å²) in [5, 5.41) is 25.2. The third kappa shape index (κ3) is 26.7. The van der Waals surface area contributed by atoms with Gasteiger partial charge in [-0.3, -0.25) is 43.5 Å². The topological polar surface area (TPSA) is 302 Å². The number of benzene rings is 10. The van der Waals surface area contributed by atoms with Crippen molar-refractivity contribution in [1.29, 1.82) is 0 Å². The fourth-order valence-electron chi connectivity index (χ4n) is 17.0. The van der Waals surface area contributed by atoms with E-state index in [0.29, 0.717) is 97.5 Å². The van der Waals surface area contributed by atoms with Crippen molar-refractivity contribution in [1.82, 2.24) is 50.4 Å². The molecular weight excluding hydrogens is 1740 g/mol. The van der Waals surface area contributed by atoms with Crippen molar-refractivity contribution in [2.45, 2.75) is 90.4 Å². The Bertz CT molecular complexity index is 6210. The van der Waals surface area contributed by atoms with Crippen molar-refractivity contribution in [3.05, 3.63) is 378 Å². The van der Waals surface area contributed by atoms with Crippen LogP contribution < -0.4 is 31.9 Å². The number of carbonyl (C=O) groups is 8. The molecule has 8 amide bonds. The number of anilines is 4. The summed E-state index contributed by atoms with van der Waals surface area (Å²) < 4.78 is 68.9. The number of nitrogens with zero attached hydrogens (tertiary/aromatic N) is 7. The molecule has 137 heavy (non-hydrogen) atoms. The van der Waals surface area contributed by atoms with Gasteiger partial charge in [0.1, 0.15) is 11.5 Å². The minimum absolute atomic E-state index is 0.0140. The summed E-state index contributed by atoms with van der Waals surface area (Å²) in [4.78, 5) is 119. The van der Waals surface area contributed by atoms with Gasteiger partial charge in [0.15, 0.2) is 5.82 Å². The zero-order valence-electron chi connectivity index (χ0n) is 76.2. The molecule has 8 heterocycles. The molecule has 18 rings (SSSR count). The molecule has 24 nitrogen and oxygen atoms in total. The number of H-pyrrole nitrogens is 1. The molecule has 6 unspecified atom stereocenters. The van der Waals surface area contributed by atoms with Gasteiger partial charge in [-0.15, -0.1) is 0 Å². The van der Waals surface area contributed by atoms with Gasteiger partial charge in [-0.05, 0) is 185 Å². The Hall–Kier alpha value is -15.6. The van der Waals surface area contributed by atoms with Crippen molar-refractivity contribution >= 4 is 70.0 Å². The Labute approximate surface area is 791 Å². The summed E-state index contributed by atoms with van der Waals surface area (Å²) in [5.41, 5.74) is 14.8. The number of alkyl halides is 4. The average Bonchev–Trinajstić information content (AvgIpc) is 1.26. The van der Waals surface area contributed by atoms with Crippen LogP contribution in [0.15, 0.2) is 331 Å². The van der Waals surface area contributed by atoms with Gasteiger partial charge in [-0.1, -0.05) is 180 Å². The molecule has 0 bridgehead atoms. The van der Waals surface area contributed by atoms with E-state index < -0.39 is 73.2 Å². The maximum Gasteiger partial charge on any atom is 0.266 e. The number of furan rings is 2. The Morgan fingerprint density at radius 2 is 0.693 bits per heavy atom. The molecule has 4 aromatic heterocycles. The number of aromatic nitrogens is 4. The molecule has 4 aliphatic heterocycles. The first-order valence-electron chi connectivity index (χ1n) is 45.4. The number of nitrogens with one attached hydrogen (secondary N) is 7. The third-order valence-electron chi connectivity index (χ3n) is 24.2. The predicted octanol–water partition coefficient (Wildman–Crippen LogP) is 19.3. The summed E-state index contributed by atoms with van der Waals surface area (Å²) >= 11 is 0. The van der Waals surface area contributed by atoms with E-state index in [2.05, 4.69) is 76.3 Å². The van der Waals surface area contributed by atoms with Crippen molar-refractivity contribution in [3.8, 4) is 45.2 Å². The van der Waals surface area contributed by atoms with E-state index >= 15 is 0 Å². The minimum atomic E-state index is -3.16. The average molecular weight is 1850 g/mol. The lowest BCUT2D eigenvalue weighted by Crippen LogP contribution is -2.53. The molecule has 7 N–H and O–H groups in total. The summed E-state index contributed by atoms with van der Waals surface area (Å²) in [5.74, 6) is -9.61. The summed E-state index contributed by atoms with van der Waals surface area (Å²) in [6, 6.07) is 87.2. The summed E-state index contributed by atoms with van der Waals surface area (Å²) in [7, 11) is 0. The zero-order chi connectivity index (χ0) is 96.0. The molecule has 14 aromatic rings. The monoisotopic (exact) mass is 1850 g/mol. The smallest absolute Gasteiger partial charge is 0.266 e. The highest BCUT2D eigenvalue weighted by atomic mass is 19.3. The first-order chi connectivity index (χ1) is 66.2. The van der Waals surface area contributed by atoms with E-state index in [1.54, 1.807) is 120 Å². The lowest BCUT2D eigenvalue weighted by Gasteiger charge is -2.37. The number of rotatable bonds is 22. The standard InChI is InChI=1S/2C31H31N3O3.C24H22F2N4O2.C23H22F2N4O2/c2*1-22-12-14-27(15-13-22)33-30(35)26-18-28(32-19-23-7-3-2-4-8-23)21-34(20-26)31(36)25-10-5-9-24(17-25)29-11-6-16-37-29;1-16-6-8-20(9-7-16)29-22(31)19-13-24(25,26)15-30(14-19)23(32)18-5-2-4-17(12-18)21-27-10-3-11-28-21;1-15-5-7-20(8-6-15)28-21(30)18-10-23(24,25)14-29(13-18)22(31)17-4-2-3-16(9-17)19-11-26-27-12-19/h2*2-17,26,28,32H,18-21H2,1H3,(H,33,35);2-12,19H,13-15H2,1H3,(H,29,31);2-9,11-12,18H,10,13-14H2,1H3,(H,26,27)(H,28,30).